The van der Waals surface area contributed by atoms with Gasteiger partial charge < -0.3 is 20.1 Å². The molecule has 0 aliphatic carbocycles. The van der Waals surface area contributed by atoms with E-state index in [-0.39, 0.29) is 0 Å². The van der Waals surface area contributed by atoms with E-state index in [1.54, 1.807) is 26.4 Å². The predicted octanol–water partition coefficient (Wildman–Crippen LogP) is 4.94. The Bertz CT molecular complexity index is 901. The lowest BCUT2D eigenvalue weighted by atomic mass is 10.3. The zero-order valence-electron chi connectivity index (χ0n) is 14.7. The van der Waals surface area contributed by atoms with Crippen LogP contribution in [0, 0.1) is 6.92 Å². The molecular formula is C19H19ClN4O2. The van der Waals surface area contributed by atoms with Gasteiger partial charge in [-0.2, -0.15) is 0 Å². The molecule has 0 atom stereocenters. The number of hydrogen-bond donors (Lipinski definition) is 2. The predicted molar refractivity (Wildman–Crippen MR) is 104 cm³/mol. The van der Waals surface area contributed by atoms with Crippen LogP contribution in [0.4, 0.5) is 23.0 Å². The van der Waals surface area contributed by atoms with Gasteiger partial charge in [0.2, 0.25) is 0 Å². The lowest BCUT2D eigenvalue weighted by molar-refractivity contribution is 0.415. The second-order valence-corrected chi connectivity index (χ2v) is 5.92. The summed E-state index contributed by atoms with van der Waals surface area (Å²) in [6.07, 6.45) is 0. The fraction of sp³-hybridized carbons (Fsp3) is 0.158. The Morgan fingerprint density at radius 3 is 2.00 bits per heavy atom. The maximum Gasteiger partial charge on any atom is 0.137 e. The van der Waals surface area contributed by atoms with Gasteiger partial charge in [-0.25, -0.2) is 9.97 Å². The van der Waals surface area contributed by atoms with E-state index in [0.29, 0.717) is 28.2 Å². The molecule has 0 unspecified atom stereocenters. The van der Waals surface area contributed by atoms with Crippen LogP contribution in [0.15, 0.2) is 48.5 Å². The Morgan fingerprint density at radius 2 is 1.42 bits per heavy atom. The molecule has 134 valence electrons. The van der Waals surface area contributed by atoms with Gasteiger partial charge in [0.05, 0.1) is 19.2 Å². The molecular weight excluding hydrogens is 352 g/mol. The van der Waals surface area contributed by atoms with Gasteiger partial charge in [-0.3, -0.25) is 0 Å². The summed E-state index contributed by atoms with van der Waals surface area (Å²) < 4.78 is 10.3. The van der Waals surface area contributed by atoms with Crippen LogP contribution in [-0.4, -0.2) is 24.2 Å². The first-order chi connectivity index (χ1) is 12.6. The van der Waals surface area contributed by atoms with Crippen LogP contribution in [0.5, 0.6) is 11.5 Å². The molecule has 1 heterocycles. The van der Waals surface area contributed by atoms with E-state index in [2.05, 4.69) is 20.6 Å². The Morgan fingerprint density at radius 1 is 0.808 bits per heavy atom. The first kappa shape index (κ1) is 17.8. The van der Waals surface area contributed by atoms with Gasteiger partial charge in [0, 0.05) is 17.4 Å². The van der Waals surface area contributed by atoms with Crippen LogP contribution in [0.2, 0.25) is 5.02 Å². The average Bonchev–Trinajstić information content (AvgIpc) is 2.62. The van der Waals surface area contributed by atoms with Crippen molar-refractivity contribution < 1.29 is 9.47 Å². The maximum atomic E-state index is 6.17. The molecule has 0 radical (unpaired) electrons. The van der Waals surface area contributed by atoms with E-state index in [4.69, 9.17) is 21.1 Å². The number of halogens is 1. The van der Waals surface area contributed by atoms with Crippen molar-refractivity contribution in [3.8, 4) is 11.5 Å². The molecule has 3 rings (SSSR count). The zero-order valence-corrected chi connectivity index (χ0v) is 15.5. The van der Waals surface area contributed by atoms with Gasteiger partial charge in [0.25, 0.3) is 0 Å². The van der Waals surface area contributed by atoms with Crippen LogP contribution >= 0.6 is 11.6 Å². The number of rotatable bonds is 6. The molecule has 1 aromatic heterocycles. The van der Waals surface area contributed by atoms with Crippen molar-refractivity contribution >= 4 is 34.6 Å². The number of methoxy groups -OCH3 is 2. The molecule has 0 bridgehead atoms. The number of anilines is 4. The highest BCUT2D eigenvalue weighted by molar-refractivity contribution is 6.32. The van der Waals surface area contributed by atoms with Crippen molar-refractivity contribution in [1.82, 2.24) is 9.97 Å². The Labute approximate surface area is 157 Å². The molecule has 2 aromatic carbocycles. The average molecular weight is 371 g/mol. The smallest absolute Gasteiger partial charge is 0.137 e. The van der Waals surface area contributed by atoms with Gasteiger partial charge >= 0.3 is 0 Å². The Balaban J connectivity index is 1.79. The zero-order chi connectivity index (χ0) is 18.5. The van der Waals surface area contributed by atoms with Crippen molar-refractivity contribution in [3.05, 3.63) is 59.4 Å². The lowest BCUT2D eigenvalue weighted by Gasteiger charge is -2.11. The number of aromatic nitrogens is 2. The van der Waals surface area contributed by atoms with Crippen LogP contribution in [0.3, 0.4) is 0 Å². The second kappa shape index (κ2) is 7.93. The third kappa shape index (κ3) is 4.34. The summed E-state index contributed by atoms with van der Waals surface area (Å²) in [5, 5.41) is 7.02. The number of hydrogen-bond acceptors (Lipinski definition) is 6. The molecule has 0 fully saturated rings. The van der Waals surface area contributed by atoms with Crippen molar-refractivity contribution in [1.29, 1.82) is 0 Å². The quantitative estimate of drug-likeness (QED) is 0.640. The van der Waals surface area contributed by atoms with Crippen molar-refractivity contribution in [3.63, 3.8) is 0 Å². The summed E-state index contributed by atoms with van der Waals surface area (Å²) in [5.74, 6) is 3.41. The normalized spacial score (nSPS) is 10.3. The minimum Gasteiger partial charge on any atom is -0.497 e. The van der Waals surface area contributed by atoms with E-state index >= 15 is 0 Å². The summed E-state index contributed by atoms with van der Waals surface area (Å²) in [6, 6.07) is 14.9. The molecule has 0 aliphatic heterocycles. The number of nitrogens with zero attached hydrogens (tertiary/aromatic N) is 2. The third-order valence-corrected chi connectivity index (χ3v) is 3.92. The molecule has 2 N–H and O–H groups in total. The first-order valence-corrected chi connectivity index (χ1v) is 8.32. The summed E-state index contributed by atoms with van der Waals surface area (Å²) in [4.78, 5) is 8.83. The molecule has 0 saturated carbocycles. The first-order valence-electron chi connectivity index (χ1n) is 7.94. The van der Waals surface area contributed by atoms with Gasteiger partial charge in [-0.1, -0.05) is 11.6 Å². The van der Waals surface area contributed by atoms with Crippen molar-refractivity contribution in [2.75, 3.05) is 24.9 Å². The van der Waals surface area contributed by atoms with Crippen molar-refractivity contribution in [2.24, 2.45) is 0 Å². The van der Waals surface area contributed by atoms with Crippen LogP contribution in [0.25, 0.3) is 0 Å². The standard InChI is InChI=1S/C19H19ClN4O2/c1-12-21-18(23-13-4-7-15(25-2)8-5-13)11-19(22-12)24-14-6-9-17(26-3)16(20)10-14/h4-11H,1-3H3,(H2,21,22,23,24). The number of aryl methyl sites for hydroxylation is 1. The number of benzene rings is 2. The van der Waals surface area contributed by atoms with Crippen LogP contribution in [-0.2, 0) is 0 Å². The second-order valence-electron chi connectivity index (χ2n) is 5.51. The fourth-order valence-electron chi connectivity index (χ4n) is 2.41. The van der Waals surface area contributed by atoms with E-state index in [0.717, 1.165) is 17.1 Å². The highest BCUT2D eigenvalue weighted by Crippen LogP contribution is 2.29. The minimum absolute atomic E-state index is 0.528. The van der Waals surface area contributed by atoms with E-state index in [9.17, 15) is 0 Å². The summed E-state index contributed by atoms with van der Waals surface area (Å²) in [7, 11) is 3.22. The highest BCUT2D eigenvalue weighted by atomic mass is 35.5. The summed E-state index contributed by atoms with van der Waals surface area (Å²) in [6.45, 7) is 1.84. The van der Waals surface area contributed by atoms with Gasteiger partial charge in [-0.05, 0) is 49.4 Å². The largest absolute Gasteiger partial charge is 0.497 e. The van der Waals surface area contributed by atoms with Gasteiger partial charge in [-0.15, -0.1) is 0 Å². The molecule has 0 aliphatic rings. The van der Waals surface area contributed by atoms with Gasteiger partial charge in [0.15, 0.2) is 0 Å². The Hall–Kier alpha value is -2.99. The van der Waals surface area contributed by atoms with Crippen LogP contribution < -0.4 is 20.1 Å². The molecule has 3 aromatic rings. The molecule has 26 heavy (non-hydrogen) atoms. The molecule has 7 heteroatoms. The maximum absolute atomic E-state index is 6.17. The van der Waals surface area contributed by atoms with E-state index in [1.165, 1.54) is 0 Å². The van der Waals surface area contributed by atoms with Crippen molar-refractivity contribution in [2.45, 2.75) is 6.92 Å². The molecule has 0 spiro atoms. The minimum atomic E-state index is 0.528. The van der Waals surface area contributed by atoms with E-state index < -0.39 is 0 Å². The topological polar surface area (TPSA) is 68.3 Å². The van der Waals surface area contributed by atoms with Crippen LogP contribution in [0.1, 0.15) is 5.82 Å². The fourth-order valence-corrected chi connectivity index (χ4v) is 2.67. The molecule has 0 saturated heterocycles. The summed E-state index contributed by atoms with van der Waals surface area (Å²) in [5.41, 5.74) is 1.71. The SMILES string of the molecule is COc1ccc(Nc2cc(Nc3ccc(OC)c(Cl)c3)nc(C)n2)cc1. The Kier molecular flexibility index (Phi) is 5.43. The summed E-state index contributed by atoms with van der Waals surface area (Å²) >= 11 is 6.17. The lowest BCUT2D eigenvalue weighted by Crippen LogP contribution is -2.01. The monoisotopic (exact) mass is 370 g/mol. The third-order valence-electron chi connectivity index (χ3n) is 3.62. The molecule has 6 nitrogen and oxygen atoms in total. The van der Waals surface area contributed by atoms with Gasteiger partial charge in [0.1, 0.15) is 29.0 Å². The van der Waals surface area contributed by atoms with E-state index in [1.807, 2.05) is 43.3 Å². The molecule has 0 amide bonds. The number of ether oxygens (including phenoxy) is 2. The number of nitrogens with one attached hydrogen (secondary N) is 2. The highest BCUT2D eigenvalue weighted by Gasteiger charge is 2.06.